The number of hydrogen-bond donors (Lipinski definition) is 2. The minimum absolute atomic E-state index is 0.0386. The summed E-state index contributed by atoms with van der Waals surface area (Å²) in [4.78, 5) is 12.1. The van der Waals surface area contributed by atoms with Gasteiger partial charge in [0.15, 0.2) is 0 Å². The Bertz CT molecular complexity index is 498. The number of carbonyl (C=O) groups excluding carboxylic acids is 1. The van der Waals surface area contributed by atoms with Crippen LogP contribution in [-0.2, 0) is 4.79 Å². The highest BCUT2D eigenvalue weighted by Crippen LogP contribution is 2.49. The van der Waals surface area contributed by atoms with Crippen molar-refractivity contribution in [3.8, 4) is 5.75 Å². The summed E-state index contributed by atoms with van der Waals surface area (Å²) in [6.45, 7) is 1.92. The van der Waals surface area contributed by atoms with Crippen molar-refractivity contribution in [3.05, 3.63) is 23.8 Å². The third kappa shape index (κ3) is 2.60. The lowest BCUT2D eigenvalue weighted by molar-refractivity contribution is -0.117. The maximum atomic E-state index is 12.1. The molecule has 0 aromatic heterocycles. The van der Waals surface area contributed by atoms with Crippen molar-refractivity contribution in [2.45, 2.75) is 39.0 Å². The number of hydrogen-bond acceptors (Lipinski definition) is 2. The van der Waals surface area contributed by atoms with Gasteiger partial charge in [-0.1, -0.05) is 12.5 Å². The Labute approximate surface area is 114 Å². The monoisotopic (exact) mass is 259 g/mol. The van der Waals surface area contributed by atoms with Gasteiger partial charge in [-0.15, -0.1) is 0 Å². The van der Waals surface area contributed by atoms with Gasteiger partial charge in [0.1, 0.15) is 5.75 Å². The first-order valence-electron chi connectivity index (χ1n) is 7.21. The first-order valence-corrected chi connectivity index (χ1v) is 7.21. The average molecular weight is 259 g/mol. The molecule has 19 heavy (non-hydrogen) atoms. The lowest BCUT2D eigenvalue weighted by Crippen LogP contribution is -2.20. The summed E-state index contributed by atoms with van der Waals surface area (Å²) < 4.78 is 0. The molecule has 1 amide bonds. The van der Waals surface area contributed by atoms with E-state index in [0.717, 1.165) is 17.4 Å². The van der Waals surface area contributed by atoms with Gasteiger partial charge in [-0.3, -0.25) is 4.79 Å². The molecule has 0 aliphatic heterocycles. The highest BCUT2D eigenvalue weighted by Gasteiger charge is 2.40. The first kappa shape index (κ1) is 12.5. The number of amides is 1. The number of aryl methyl sites for hydroxylation is 1. The second-order valence-corrected chi connectivity index (χ2v) is 6.21. The molecule has 1 aromatic carbocycles. The number of rotatable bonds is 3. The Morgan fingerprint density at radius 1 is 1.37 bits per heavy atom. The summed E-state index contributed by atoms with van der Waals surface area (Å²) in [5.41, 5.74) is 1.52. The van der Waals surface area contributed by atoms with E-state index in [1.807, 2.05) is 13.0 Å². The second-order valence-electron chi connectivity index (χ2n) is 6.21. The van der Waals surface area contributed by atoms with E-state index < -0.39 is 0 Å². The van der Waals surface area contributed by atoms with Crippen molar-refractivity contribution in [2.75, 3.05) is 5.32 Å². The van der Waals surface area contributed by atoms with Crippen LogP contribution in [0.5, 0.6) is 5.75 Å². The predicted molar refractivity (Wildman–Crippen MR) is 75.0 cm³/mol. The largest absolute Gasteiger partial charge is 0.506 e. The zero-order valence-corrected chi connectivity index (χ0v) is 11.4. The van der Waals surface area contributed by atoms with Crippen LogP contribution in [0.2, 0.25) is 0 Å². The summed E-state index contributed by atoms with van der Waals surface area (Å²) in [5.74, 6) is 2.39. The Morgan fingerprint density at radius 2 is 2.21 bits per heavy atom. The molecule has 2 aliphatic rings. The lowest BCUT2D eigenvalue weighted by Gasteiger charge is -2.21. The minimum atomic E-state index is 0.0386. The van der Waals surface area contributed by atoms with Gasteiger partial charge < -0.3 is 10.4 Å². The van der Waals surface area contributed by atoms with E-state index in [2.05, 4.69) is 5.32 Å². The molecular weight excluding hydrogens is 238 g/mol. The van der Waals surface area contributed by atoms with Crippen molar-refractivity contribution in [1.29, 1.82) is 0 Å². The van der Waals surface area contributed by atoms with Crippen molar-refractivity contribution >= 4 is 11.6 Å². The average Bonchev–Trinajstić information content (AvgIpc) is 2.95. The molecule has 2 aliphatic carbocycles. The van der Waals surface area contributed by atoms with Gasteiger partial charge in [-0.05, 0) is 61.6 Å². The third-order valence-corrected chi connectivity index (χ3v) is 4.76. The van der Waals surface area contributed by atoms with Crippen molar-refractivity contribution in [3.63, 3.8) is 0 Å². The maximum absolute atomic E-state index is 12.1. The van der Waals surface area contributed by atoms with Crippen LogP contribution in [0.4, 0.5) is 5.69 Å². The summed E-state index contributed by atoms with van der Waals surface area (Å²) in [6, 6.07) is 5.34. The number of phenolic OH excluding ortho intramolecular Hbond substituents is 1. The SMILES string of the molecule is Cc1ccc(NC(=O)C[C@@H]2C[C@H]3CC[C@@H]2C3)c(O)c1. The minimum Gasteiger partial charge on any atom is -0.506 e. The summed E-state index contributed by atoms with van der Waals surface area (Å²) in [6.07, 6.45) is 5.82. The van der Waals surface area contributed by atoms with Crippen LogP contribution >= 0.6 is 0 Å². The molecule has 0 radical (unpaired) electrons. The van der Waals surface area contributed by atoms with Crippen molar-refractivity contribution in [1.82, 2.24) is 0 Å². The van der Waals surface area contributed by atoms with E-state index >= 15 is 0 Å². The molecule has 3 atom stereocenters. The van der Waals surface area contributed by atoms with E-state index in [1.165, 1.54) is 25.7 Å². The molecule has 2 N–H and O–H groups in total. The van der Waals surface area contributed by atoms with Crippen LogP contribution in [0.1, 0.15) is 37.7 Å². The number of phenols is 1. The van der Waals surface area contributed by atoms with Gasteiger partial charge in [0.2, 0.25) is 5.91 Å². The van der Waals surface area contributed by atoms with Gasteiger partial charge in [-0.25, -0.2) is 0 Å². The second kappa shape index (κ2) is 4.87. The molecule has 2 fully saturated rings. The molecule has 0 spiro atoms. The Kier molecular flexibility index (Phi) is 3.21. The maximum Gasteiger partial charge on any atom is 0.224 e. The van der Waals surface area contributed by atoms with Crippen LogP contribution in [-0.4, -0.2) is 11.0 Å². The van der Waals surface area contributed by atoms with E-state index in [-0.39, 0.29) is 11.7 Å². The molecular formula is C16H21NO2. The number of carbonyl (C=O) groups is 1. The zero-order valence-electron chi connectivity index (χ0n) is 11.4. The van der Waals surface area contributed by atoms with Crippen molar-refractivity contribution < 1.29 is 9.90 Å². The number of aromatic hydroxyl groups is 1. The number of fused-ring (bicyclic) bond motifs is 2. The van der Waals surface area contributed by atoms with E-state index in [4.69, 9.17) is 0 Å². The highest BCUT2D eigenvalue weighted by molar-refractivity contribution is 5.92. The topological polar surface area (TPSA) is 49.3 Å². The molecule has 3 nitrogen and oxygen atoms in total. The highest BCUT2D eigenvalue weighted by atomic mass is 16.3. The van der Waals surface area contributed by atoms with Crippen LogP contribution in [0.3, 0.4) is 0 Å². The summed E-state index contributed by atoms with van der Waals surface area (Å²) >= 11 is 0. The fourth-order valence-electron chi connectivity index (χ4n) is 3.81. The summed E-state index contributed by atoms with van der Waals surface area (Å²) in [5, 5.41) is 12.6. The normalized spacial score (nSPS) is 28.6. The smallest absolute Gasteiger partial charge is 0.224 e. The standard InChI is InChI=1S/C16H21NO2/c1-10-2-5-14(15(18)6-10)17-16(19)9-13-8-11-3-4-12(13)7-11/h2,5-6,11-13,18H,3-4,7-9H2,1H3,(H,17,19)/t11-,12+,13-/m0/s1. The van der Waals surface area contributed by atoms with E-state index in [0.29, 0.717) is 18.0 Å². The first-order chi connectivity index (χ1) is 9.11. The number of anilines is 1. The molecule has 3 rings (SSSR count). The molecule has 1 aromatic rings. The molecule has 0 heterocycles. The number of nitrogens with one attached hydrogen (secondary N) is 1. The van der Waals surface area contributed by atoms with Crippen LogP contribution < -0.4 is 5.32 Å². The number of benzene rings is 1. The van der Waals surface area contributed by atoms with Gasteiger partial charge >= 0.3 is 0 Å². The Hall–Kier alpha value is -1.51. The summed E-state index contributed by atoms with van der Waals surface area (Å²) in [7, 11) is 0. The molecule has 2 saturated carbocycles. The Morgan fingerprint density at radius 3 is 2.84 bits per heavy atom. The van der Waals surface area contributed by atoms with Gasteiger partial charge in [0, 0.05) is 6.42 Å². The van der Waals surface area contributed by atoms with Gasteiger partial charge in [0.25, 0.3) is 0 Å². The van der Waals surface area contributed by atoms with Crippen LogP contribution in [0, 0.1) is 24.7 Å². The van der Waals surface area contributed by atoms with Crippen LogP contribution in [0.15, 0.2) is 18.2 Å². The fraction of sp³-hybridized carbons (Fsp3) is 0.562. The predicted octanol–water partition coefficient (Wildman–Crippen LogP) is 3.47. The van der Waals surface area contributed by atoms with E-state index in [9.17, 15) is 9.90 Å². The molecule has 0 saturated heterocycles. The quantitative estimate of drug-likeness (QED) is 0.817. The van der Waals surface area contributed by atoms with Gasteiger partial charge in [-0.2, -0.15) is 0 Å². The Balaban J connectivity index is 1.59. The lowest BCUT2D eigenvalue weighted by atomic mass is 9.86. The zero-order chi connectivity index (χ0) is 13.4. The molecule has 2 bridgehead atoms. The van der Waals surface area contributed by atoms with Crippen LogP contribution in [0.25, 0.3) is 0 Å². The molecule has 0 unspecified atom stereocenters. The molecule has 3 heteroatoms. The van der Waals surface area contributed by atoms with E-state index in [1.54, 1.807) is 12.1 Å². The third-order valence-electron chi connectivity index (χ3n) is 4.76. The molecule has 102 valence electrons. The van der Waals surface area contributed by atoms with Crippen molar-refractivity contribution in [2.24, 2.45) is 17.8 Å². The van der Waals surface area contributed by atoms with Gasteiger partial charge in [0.05, 0.1) is 5.69 Å². The fourth-order valence-corrected chi connectivity index (χ4v) is 3.81.